The van der Waals surface area contributed by atoms with E-state index in [9.17, 15) is 13.2 Å². The molecule has 8 heteroatoms. The molecule has 2 aromatic carbocycles. The van der Waals surface area contributed by atoms with E-state index in [0.717, 1.165) is 12.1 Å². The van der Waals surface area contributed by atoms with Crippen LogP contribution in [0.2, 0.25) is 0 Å². The van der Waals surface area contributed by atoms with E-state index < -0.39 is 11.7 Å². The molecule has 3 aromatic rings. The van der Waals surface area contributed by atoms with E-state index in [0.29, 0.717) is 5.75 Å². The van der Waals surface area contributed by atoms with Gasteiger partial charge in [-0.3, -0.25) is 0 Å². The normalized spacial score (nSPS) is 11.3. The summed E-state index contributed by atoms with van der Waals surface area (Å²) in [4.78, 5) is 0. The van der Waals surface area contributed by atoms with Gasteiger partial charge < -0.3 is 14.5 Å². The largest absolute Gasteiger partial charge is 0.484 e. The van der Waals surface area contributed by atoms with Crippen molar-refractivity contribution in [3.8, 4) is 5.75 Å². The van der Waals surface area contributed by atoms with Gasteiger partial charge in [0.2, 0.25) is 0 Å². The Kier molecular flexibility index (Phi) is 4.37. The van der Waals surface area contributed by atoms with E-state index in [4.69, 9.17) is 9.15 Å². The molecule has 0 aliphatic rings. The summed E-state index contributed by atoms with van der Waals surface area (Å²) in [6.07, 6.45) is -4.42. The zero-order valence-electron chi connectivity index (χ0n) is 12.2. The highest BCUT2D eigenvalue weighted by molar-refractivity contribution is 5.53. The van der Waals surface area contributed by atoms with Gasteiger partial charge in [0.15, 0.2) is 6.61 Å². The molecule has 0 saturated heterocycles. The van der Waals surface area contributed by atoms with E-state index in [1.807, 2.05) is 18.2 Å². The van der Waals surface area contributed by atoms with Crippen LogP contribution in [0.25, 0.3) is 0 Å². The molecule has 0 saturated carbocycles. The van der Waals surface area contributed by atoms with Gasteiger partial charge >= 0.3 is 12.2 Å². The van der Waals surface area contributed by atoms with Crippen LogP contribution in [0.3, 0.4) is 0 Å². The molecule has 1 aromatic heterocycles. The fraction of sp³-hybridized carbons (Fsp3) is 0.125. The molecule has 5 nitrogen and oxygen atoms in total. The predicted octanol–water partition coefficient (Wildman–Crippen LogP) is 4.41. The molecule has 24 heavy (non-hydrogen) atoms. The lowest BCUT2D eigenvalue weighted by molar-refractivity contribution is -0.137. The molecule has 0 unspecified atom stereocenters. The first-order valence-corrected chi connectivity index (χ1v) is 6.95. The van der Waals surface area contributed by atoms with Crippen molar-refractivity contribution >= 4 is 11.7 Å². The van der Waals surface area contributed by atoms with Crippen LogP contribution in [0.15, 0.2) is 59.0 Å². The second kappa shape index (κ2) is 6.61. The summed E-state index contributed by atoms with van der Waals surface area (Å²) >= 11 is 0. The van der Waals surface area contributed by atoms with Crippen molar-refractivity contribution in [2.75, 3.05) is 5.32 Å². The van der Waals surface area contributed by atoms with Crippen molar-refractivity contribution in [1.82, 2.24) is 10.2 Å². The Bertz CT molecular complexity index is 804. The van der Waals surface area contributed by atoms with Crippen LogP contribution in [0, 0.1) is 0 Å². The van der Waals surface area contributed by atoms with Crippen LogP contribution in [-0.2, 0) is 12.8 Å². The molecule has 0 spiro atoms. The SMILES string of the molecule is FC(F)(F)c1cccc(Nc2nnc(COc3ccccc3)o2)c1. The minimum atomic E-state index is -4.42. The van der Waals surface area contributed by atoms with Gasteiger partial charge in [-0.15, -0.1) is 5.10 Å². The number of nitrogens with one attached hydrogen (secondary N) is 1. The highest BCUT2D eigenvalue weighted by Gasteiger charge is 2.30. The van der Waals surface area contributed by atoms with Crippen LogP contribution >= 0.6 is 0 Å². The molecular weight excluding hydrogens is 323 g/mol. The number of alkyl halides is 3. The van der Waals surface area contributed by atoms with E-state index in [1.54, 1.807) is 12.1 Å². The first-order chi connectivity index (χ1) is 11.5. The molecule has 0 bridgehead atoms. The predicted molar refractivity (Wildman–Crippen MR) is 79.8 cm³/mol. The van der Waals surface area contributed by atoms with E-state index in [1.165, 1.54) is 12.1 Å². The maximum atomic E-state index is 12.7. The lowest BCUT2D eigenvalue weighted by Gasteiger charge is -2.08. The summed E-state index contributed by atoms with van der Waals surface area (Å²) in [6.45, 7) is 0.0568. The molecule has 0 aliphatic heterocycles. The zero-order valence-corrected chi connectivity index (χ0v) is 12.2. The van der Waals surface area contributed by atoms with Gasteiger partial charge in [-0.1, -0.05) is 29.4 Å². The number of hydrogen-bond acceptors (Lipinski definition) is 5. The smallest absolute Gasteiger partial charge is 0.416 e. The third kappa shape index (κ3) is 4.03. The van der Waals surface area contributed by atoms with Gasteiger partial charge in [0.25, 0.3) is 5.89 Å². The number of rotatable bonds is 5. The summed E-state index contributed by atoms with van der Waals surface area (Å²) in [5, 5.41) is 10.1. The van der Waals surface area contributed by atoms with Crippen LogP contribution in [0.1, 0.15) is 11.5 Å². The lowest BCUT2D eigenvalue weighted by Crippen LogP contribution is -2.05. The van der Waals surface area contributed by atoms with E-state index in [2.05, 4.69) is 15.5 Å². The van der Waals surface area contributed by atoms with Crippen LogP contribution in [-0.4, -0.2) is 10.2 Å². The second-order valence-electron chi connectivity index (χ2n) is 4.81. The molecule has 1 heterocycles. The molecule has 0 radical (unpaired) electrons. The third-order valence-corrected chi connectivity index (χ3v) is 3.01. The van der Waals surface area contributed by atoms with Gasteiger partial charge in [0.05, 0.1) is 5.56 Å². The topological polar surface area (TPSA) is 60.2 Å². The standard InChI is InChI=1S/C16H12F3N3O2/c17-16(18,19)11-5-4-6-12(9-11)20-15-22-21-14(24-15)10-23-13-7-2-1-3-8-13/h1-9H,10H2,(H,20,22). The molecular formula is C16H12F3N3O2. The third-order valence-electron chi connectivity index (χ3n) is 3.01. The Morgan fingerprint density at radius 2 is 1.79 bits per heavy atom. The number of halogens is 3. The van der Waals surface area contributed by atoms with E-state index in [-0.39, 0.29) is 24.2 Å². The first-order valence-electron chi connectivity index (χ1n) is 6.95. The Morgan fingerprint density at radius 1 is 1.00 bits per heavy atom. The van der Waals surface area contributed by atoms with Crippen molar-refractivity contribution < 1.29 is 22.3 Å². The minimum Gasteiger partial charge on any atom is -0.484 e. The van der Waals surface area contributed by atoms with Crippen LogP contribution in [0.4, 0.5) is 24.9 Å². The van der Waals surface area contributed by atoms with Gasteiger partial charge in [0, 0.05) is 5.69 Å². The molecule has 3 rings (SSSR count). The average Bonchev–Trinajstić information content (AvgIpc) is 3.01. The molecule has 0 atom stereocenters. The summed E-state index contributed by atoms with van der Waals surface area (Å²) in [6, 6.07) is 13.8. The number of benzene rings is 2. The number of aromatic nitrogens is 2. The molecule has 1 N–H and O–H groups in total. The number of para-hydroxylation sites is 1. The van der Waals surface area contributed by atoms with Crippen LogP contribution in [0.5, 0.6) is 5.75 Å². The summed E-state index contributed by atoms with van der Waals surface area (Å²) in [7, 11) is 0. The Morgan fingerprint density at radius 3 is 2.54 bits per heavy atom. The maximum Gasteiger partial charge on any atom is 0.416 e. The molecule has 0 aliphatic carbocycles. The Labute approximate surface area is 135 Å². The molecule has 0 fully saturated rings. The monoisotopic (exact) mass is 335 g/mol. The van der Waals surface area contributed by atoms with Crippen molar-refractivity contribution in [2.45, 2.75) is 12.8 Å². The summed E-state index contributed by atoms with van der Waals surface area (Å²) in [5.41, 5.74) is -0.566. The Hall–Kier alpha value is -3.03. The number of ether oxygens (including phenoxy) is 1. The Balaban J connectivity index is 1.64. The first kappa shape index (κ1) is 15.9. The highest BCUT2D eigenvalue weighted by Crippen LogP contribution is 2.31. The van der Waals surface area contributed by atoms with Crippen molar-refractivity contribution in [3.63, 3.8) is 0 Å². The summed E-state index contributed by atoms with van der Waals surface area (Å²) in [5.74, 6) is 0.844. The van der Waals surface area contributed by atoms with Gasteiger partial charge in [0.1, 0.15) is 5.75 Å². The molecule has 124 valence electrons. The quantitative estimate of drug-likeness (QED) is 0.748. The van der Waals surface area contributed by atoms with Crippen molar-refractivity contribution in [2.24, 2.45) is 0 Å². The van der Waals surface area contributed by atoms with Gasteiger partial charge in [-0.25, -0.2) is 0 Å². The van der Waals surface area contributed by atoms with Crippen molar-refractivity contribution in [3.05, 3.63) is 66.1 Å². The van der Waals surface area contributed by atoms with Crippen molar-refractivity contribution in [1.29, 1.82) is 0 Å². The number of anilines is 2. The van der Waals surface area contributed by atoms with Gasteiger partial charge in [-0.2, -0.15) is 13.2 Å². The lowest BCUT2D eigenvalue weighted by atomic mass is 10.2. The summed E-state index contributed by atoms with van der Waals surface area (Å²) < 4.78 is 48.8. The fourth-order valence-corrected chi connectivity index (χ4v) is 1.92. The van der Waals surface area contributed by atoms with Crippen LogP contribution < -0.4 is 10.1 Å². The number of nitrogens with zero attached hydrogens (tertiary/aromatic N) is 2. The zero-order chi connectivity index (χ0) is 17.0. The minimum absolute atomic E-state index is 0.0130. The van der Waals surface area contributed by atoms with Gasteiger partial charge in [-0.05, 0) is 30.3 Å². The molecule has 0 amide bonds. The maximum absolute atomic E-state index is 12.7. The number of hydrogen-bond donors (Lipinski definition) is 1. The van der Waals surface area contributed by atoms with E-state index >= 15 is 0 Å². The highest BCUT2D eigenvalue weighted by atomic mass is 19.4. The second-order valence-corrected chi connectivity index (χ2v) is 4.81. The fourth-order valence-electron chi connectivity index (χ4n) is 1.92. The average molecular weight is 335 g/mol.